The van der Waals surface area contributed by atoms with Gasteiger partial charge in [0.2, 0.25) is 0 Å². The van der Waals surface area contributed by atoms with Gasteiger partial charge in [0.15, 0.2) is 12.3 Å². The summed E-state index contributed by atoms with van der Waals surface area (Å²) >= 11 is 0. The SMILES string of the molecule is CCCOC1C(O[P+](=O)O)C(CO)OC1N1C=CC(O)NC1=O. The van der Waals surface area contributed by atoms with Gasteiger partial charge in [-0.1, -0.05) is 6.92 Å². The van der Waals surface area contributed by atoms with Crippen LogP contribution in [0.4, 0.5) is 4.79 Å². The number of aliphatic hydroxyl groups excluding tert-OH is 2. The molecule has 2 amide bonds. The number of urea groups is 1. The largest absolute Gasteiger partial charge is 0.695 e. The Hall–Kier alpha value is -1.13. The van der Waals surface area contributed by atoms with Crippen LogP contribution in [0.2, 0.25) is 0 Å². The lowest BCUT2D eigenvalue weighted by Gasteiger charge is -2.32. The van der Waals surface area contributed by atoms with E-state index in [1.165, 1.54) is 12.3 Å². The van der Waals surface area contributed by atoms with Crippen LogP contribution in [0.3, 0.4) is 0 Å². The summed E-state index contributed by atoms with van der Waals surface area (Å²) in [4.78, 5) is 22.1. The molecular formula is C12H20N2O8P+. The molecule has 0 bridgehead atoms. The van der Waals surface area contributed by atoms with Crippen molar-refractivity contribution in [2.75, 3.05) is 13.2 Å². The number of carbonyl (C=O) groups excluding carboxylic acids is 1. The molecule has 0 aromatic carbocycles. The molecule has 1 fully saturated rings. The standard InChI is InChI=1S/C12H19N2O8P/c1-2-5-20-10-9(22-23(18)19)7(6-15)21-11(10)14-4-3-8(16)13-12(14)17/h3-4,7-11,15-16H,2,5-6H2,1H3,(H-,13,17,18,19)/p+1. The Labute approximate surface area is 133 Å². The maximum atomic E-state index is 12.0. The number of aliphatic hydroxyl groups is 2. The first-order chi connectivity index (χ1) is 11.0. The lowest BCUT2D eigenvalue weighted by Crippen LogP contribution is -2.53. The minimum atomic E-state index is -2.94. The zero-order valence-electron chi connectivity index (χ0n) is 12.4. The van der Waals surface area contributed by atoms with Crippen LogP contribution in [0.15, 0.2) is 12.3 Å². The Morgan fingerprint density at radius 2 is 2.22 bits per heavy atom. The Morgan fingerprint density at radius 1 is 1.48 bits per heavy atom. The number of nitrogens with zero attached hydrogens (tertiary/aromatic N) is 1. The van der Waals surface area contributed by atoms with Gasteiger partial charge in [-0.2, -0.15) is 0 Å². The molecule has 0 aliphatic carbocycles. The average Bonchev–Trinajstić information content (AvgIpc) is 2.82. The van der Waals surface area contributed by atoms with Crippen LogP contribution in [0.25, 0.3) is 0 Å². The first-order valence-electron chi connectivity index (χ1n) is 7.14. The van der Waals surface area contributed by atoms with E-state index in [-0.39, 0.29) is 0 Å². The average molecular weight is 351 g/mol. The molecule has 11 heteroatoms. The maximum Gasteiger partial charge on any atom is 0.695 e. The predicted octanol–water partition coefficient (Wildman–Crippen LogP) is -0.609. The van der Waals surface area contributed by atoms with Gasteiger partial charge in [-0.3, -0.25) is 4.90 Å². The zero-order chi connectivity index (χ0) is 17.0. The first kappa shape index (κ1) is 18.2. The van der Waals surface area contributed by atoms with Crippen molar-refractivity contribution >= 4 is 14.3 Å². The van der Waals surface area contributed by atoms with Gasteiger partial charge in [0.1, 0.15) is 18.4 Å². The second-order valence-corrected chi connectivity index (χ2v) is 5.72. The van der Waals surface area contributed by atoms with Gasteiger partial charge in [0, 0.05) is 17.4 Å². The van der Waals surface area contributed by atoms with E-state index in [1.54, 1.807) is 0 Å². The quantitative estimate of drug-likeness (QED) is 0.446. The second kappa shape index (κ2) is 8.11. The van der Waals surface area contributed by atoms with E-state index in [9.17, 15) is 19.6 Å². The van der Waals surface area contributed by atoms with Crippen molar-refractivity contribution in [3.8, 4) is 0 Å². The Kier molecular flexibility index (Phi) is 6.42. The molecule has 4 N–H and O–H groups in total. The molecule has 2 aliphatic heterocycles. The number of rotatable bonds is 7. The van der Waals surface area contributed by atoms with Gasteiger partial charge in [-0.25, -0.2) is 4.79 Å². The summed E-state index contributed by atoms with van der Waals surface area (Å²) in [6, 6.07) is -0.624. The van der Waals surface area contributed by atoms with Gasteiger partial charge in [-0.05, 0) is 12.5 Å². The van der Waals surface area contributed by atoms with E-state index >= 15 is 0 Å². The van der Waals surface area contributed by atoms with Crippen molar-refractivity contribution in [3.63, 3.8) is 0 Å². The monoisotopic (exact) mass is 351 g/mol. The molecule has 0 aromatic rings. The summed E-state index contributed by atoms with van der Waals surface area (Å²) in [5, 5.41) is 21.0. The molecule has 130 valence electrons. The molecule has 1 saturated heterocycles. The summed E-state index contributed by atoms with van der Waals surface area (Å²) < 4.78 is 27.1. The van der Waals surface area contributed by atoms with E-state index in [0.29, 0.717) is 13.0 Å². The Balaban J connectivity index is 2.23. The number of carbonyl (C=O) groups is 1. The summed E-state index contributed by atoms with van der Waals surface area (Å²) in [7, 11) is -2.94. The van der Waals surface area contributed by atoms with Crippen molar-refractivity contribution in [2.24, 2.45) is 0 Å². The molecule has 10 nitrogen and oxygen atoms in total. The molecule has 2 rings (SSSR count). The number of ether oxygens (including phenoxy) is 2. The third-order valence-corrected chi connectivity index (χ3v) is 3.82. The third kappa shape index (κ3) is 4.24. The minimum Gasteiger partial charge on any atom is -0.394 e. The summed E-state index contributed by atoms with van der Waals surface area (Å²) in [6.45, 7) is 1.71. The first-order valence-corrected chi connectivity index (χ1v) is 8.27. The van der Waals surface area contributed by atoms with Crippen molar-refractivity contribution in [1.29, 1.82) is 0 Å². The fourth-order valence-electron chi connectivity index (χ4n) is 2.43. The van der Waals surface area contributed by atoms with Crippen LogP contribution in [-0.4, -0.2) is 70.0 Å². The molecule has 0 aromatic heterocycles. The molecule has 2 heterocycles. The lowest BCUT2D eigenvalue weighted by molar-refractivity contribution is -0.0848. The lowest BCUT2D eigenvalue weighted by atomic mass is 10.1. The summed E-state index contributed by atoms with van der Waals surface area (Å²) in [6.07, 6.45) is -1.57. The van der Waals surface area contributed by atoms with Gasteiger partial charge in [0.25, 0.3) is 0 Å². The summed E-state index contributed by atoms with van der Waals surface area (Å²) in [5.74, 6) is 0. The van der Waals surface area contributed by atoms with Crippen molar-refractivity contribution < 1.29 is 38.5 Å². The molecular weight excluding hydrogens is 331 g/mol. The van der Waals surface area contributed by atoms with E-state index in [0.717, 1.165) is 4.90 Å². The predicted molar refractivity (Wildman–Crippen MR) is 76.0 cm³/mol. The molecule has 23 heavy (non-hydrogen) atoms. The zero-order valence-corrected chi connectivity index (χ0v) is 13.3. The Bertz CT molecular complexity index is 476. The number of amides is 2. The highest BCUT2D eigenvalue weighted by molar-refractivity contribution is 7.32. The Morgan fingerprint density at radius 3 is 2.78 bits per heavy atom. The van der Waals surface area contributed by atoms with Gasteiger partial charge < -0.3 is 25.0 Å². The molecule has 0 saturated carbocycles. The van der Waals surface area contributed by atoms with Crippen LogP contribution >= 0.6 is 8.25 Å². The van der Waals surface area contributed by atoms with Crippen LogP contribution in [0.1, 0.15) is 13.3 Å². The van der Waals surface area contributed by atoms with Gasteiger partial charge in [-0.15, -0.1) is 9.42 Å². The minimum absolute atomic E-state index is 0.312. The van der Waals surface area contributed by atoms with E-state index in [4.69, 9.17) is 18.9 Å². The van der Waals surface area contributed by atoms with Crippen LogP contribution < -0.4 is 5.32 Å². The van der Waals surface area contributed by atoms with Crippen LogP contribution in [0, 0.1) is 0 Å². The fraction of sp³-hybridized carbons (Fsp3) is 0.750. The number of hydrogen-bond acceptors (Lipinski definition) is 7. The fourth-order valence-corrected chi connectivity index (χ4v) is 2.90. The van der Waals surface area contributed by atoms with Crippen molar-refractivity contribution in [1.82, 2.24) is 10.2 Å². The molecule has 6 unspecified atom stereocenters. The van der Waals surface area contributed by atoms with Crippen molar-refractivity contribution in [3.05, 3.63) is 12.3 Å². The molecule has 0 radical (unpaired) electrons. The number of nitrogens with one attached hydrogen (secondary N) is 1. The summed E-state index contributed by atoms with van der Waals surface area (Å²) in [5.41, 5.74) is 0. The smallest absolute Gasteiger partial charge is 0.394 e. The van der Waals surface area contributed by atoms with E-state index in [2.05, 4.69) is 5.32 Å². The van der Waals surface area contributed by atoms with Crippen LogP contribution in [0.5, 0.6) is 0 Å². The van der Waals surface area contributed by atoms with Gasteiger partial charge in [0.05, 0.1) is 6.61 Å². The van der Waals surface area contributed by atoms with Gasteiger partial charge >= 0.3 is 14.3 Å². The number of hydrogen-bond donors (Lipinski definition) is 4. The normalized spacial score (nSPS) is 34.6. The molecule has 2 aliphatic rings. The van der Waals surface area contributed by atoms with Crippen molar-refractivity contribution in [2.45, 2.75) is 44.1 Å². The second-order valence-electron chi connectivity index (χ2n) is 5.03. The van der Waals surface area contributed by atoms with E-state index in [1.807, 2.05) is 6.92 Å². The highest BCUT2D eigenvalue weighted by Crippen LogP contribution is 2.34. The van der Waals surface area contributed by atoms with E-state index < -0.39 is 51.7 Å². The highest BCUT2D eigenvalue weighted by atomic mass is 31.1. The topological polar surface area (TPSA) is 138 Å². The molecule has 0 spiro atoms. The maximum absolute atomic E-state index is 12.0. The third-order valence-electron chi connectivity index (χ3n) is 3.40. The highest BCUT2D eigenvalue weighted by Gasteiger charge is 2.53. The van der Waals surface area contributed by atoms with Crippen LogP contribution in [-0.2, 0) is 18.6 Å². The molecule has 6 atom stereocenters.